The summed E-state index contributed by atoms with van der Waals surface area (Å²) in [4.78, 5) is 10.2. The molecule has 0 aliphatic carbocycles. The van der Waals surface area contributed by atoms with Gasteiger partial charge in [0.15, 0.2) is 4.96 Å². The van der Waals surface area contributed by atoms with E-state index in [1.165, 1.54) is 5.56 Å². The van der Waals surface area contributed by atoms with Gasteiger partial charge < -0.3 is 5.32 Å². The minimum Gasteiger partial charge on any atom is -0.310 e. The molecule has 5 heteroatoms. The van der Waals surface area contributed by atoms with Crippen LogP contribution in [0.1, 0.15) is 35.6 Å². The van der Waals surface area contributed by atoms with Crippen molar-refractivity contribution in [3.63, 3.8) is 0 Å². The van der Waals surface area contributed by atoms with E-state index in [-0.39, 0.29) is 6.04 Å². The molecule has 0 spiro atoms. The second kappa shape index (κ2) is 5.95. The predicted octanol–water partition coefficient (Wildman–Crippen LogP) is 3.30. The molecule has 3 rings (SSSR count). The Morgan fingerprint density at radius 2 is 2.00 bits per heavy atom. The molecule has 4 nitrogen and oxygen atoms in total. The Morgan fingerprint density at radius 1 is 1.24 bits per heavy atom. The second-order valence-corrected chi connectivity index (χ2v) is 6.20. The van der Waals surface area contributed by atoms with E-state index in [4.69, 9.17) is 4.98 Å². The van der Waals surface area contributed by atoms with Crippen molar-refractivity contribution in [1.82, 2.24) is 19.7 Å². The average molecular weight is 300 g/mol. The quantitative estimate of drug-likeness (QED) is 0.786. The van der Waals surface area contributed by atoms with Crippen LogP contribution in [-0.2, 0) is 6.42 Å². The molecule has 0 aliphatic rings. The van der Waals surface area contributed by atoms with E-state index in [9.17, 15) is 0 Å². The van der Waals surface area contributed by atoms with E-state index in [0.29, 0.717) is 0 Å². The first-order chi connectivity index (χ1) is 10.2. The number of thiazole rings is 1. The fraction of sp³-hybridized carbons (Fsp3) is 0.375. The van der Waals surface area contributed by atoms with Crippen molar-refractivity contribution in [3.8, 4) is 0 Å². The van der Waals surface area contributed by atoms with Gasteiger partial charge in [0, 0.05) is 41.6 Å². The predicted molar refractivity (Wildman–Crippen MR) is 86.9 cm³/mol. The average Bonchev–Trinajstić information content (AvgIpc) is 2.97. The Labute approximate surface area is 128 Å². The van der Waals surface area contributed by atoms with Crippen LogP contribution in [0.4, 0.5) is 0 Å². The summed E-state index contributed by atoms with van der Waals surface area (Å²) in [6.45, 7) is 7.17. The first-order valence-electron chi connectivity index (χ1n) is 7.25. The van der Waals surface area contributed by atoms with E-state index >= 15 is 0 Å². The lowest BCUT2D eigenvalue weighted by Gasteiger charge is -2.18. The molecule has 0 saturated heterocycles. The van der Waals surface area contributed by atoms with Crippen LogP contribution < -0.4 is 5.32 Å². The number of imidazole rings is 1. The van der Waals surface area contributed by atoms with Crippen LogP contribution in [0.5, 0.6) is 0 Å². The van der Waals surface area contributed by atoms with Crippen LogP contribution in [-0.4, -0.2) is 20.9 Å². The third kappa shape index (κ3) is 3.14. The number of hydrogen-bond acceptors (Lipinski definition) is 4. The molecule has 0 aliphatic heterocycles. The molecule has 0 fully saturated rings. The van der Waals surface area contributed by atoms with Crippen LogP contribution in [0.3, 0.4) is 0 Å². The number of rotatable bonds is 5. The highest BCUT2D eigenvalue weighted by molar-refractivity contribution is 7.15. The number of pyridine rings is 1. The Morgan fingerprint density at radius 3 is 2.67 bits per heavy atom. The Balaban J connectivity index is 1.88. The summed E-state index contributed by atoms with van der Waals surface area (Å²) in [5.74, 6) is 0. The van der Waals surface area contributed by atoms with Crippen molar-refractivity contribution in [3.05, 3.63) is 52.6 Å². The van der Waals surface area contributed by atoms with Crippen molar-refractivity contribution >= 4 is 16.3 Å². The van der Waals surface area contributed by atoms with Gasteiger partial charge in [0.25, 0.3) is 0 Å². The number of hydrogen-bond donors (Lipinski definition) is 1. The molecular formula is C16H20N4S. The van der Waals surface area contributed by atoms with E-state index in [2.05, 4.69) is 51.5 Å². The fourth-order valence-electron chi connectivity index (χ4n) is 2.71. The number of fused-ring (bicyclic) bond motifs is 1. The number of nitrogens with one attached hydrogen (secondary N) is 1. The van der Waals surface area contributed by atoms with Gasteiger partial charge in [-0.15, -0.1) is 11.3 Å². The summed E-state index contributed by atoms with van der Waals surface area (Å²) in [5, 5.41) is 5.62. The molecule has 1 atom stereocenters. The van der Waals surface area contributed by atoms with Gasteiger partial charge in [-0.3, -0.25) is 9.38 Å². The summed E-state index contributed by atoms with van der Waals surface area (Å²) in [6, 6.07) is 4.61. The van der Waals surface area contributed by atoms with Crippen molar-refractivity contribution < 1.29 is 0 Å². The van der Waals surface area contributed by atoms with E-state index in [1.807, 2.05) is 13.8 Å². The Hall–Kier alpha value is -1.72. The summed E-state index contributed by atoms with van der Waals surface area (Å²) in [5.41, 5.74) is 4.55. The third-order valence-electron chi connectivity index (χ3n) is 3.51. The lowest BCUT2D eigenvalue weighted by Crippen LogP contribution is -2.23. The number of aryl methyl sites for hydroxylation is 2. The van der Waals surface area contributed by atoms with Crippen LogP contribution in [0, 0.1) is 13.8 Å². The van der Waals surface area contributed by atoms with Crippen molar-refractivity contribution in [1.29, 1.82) is 0 Å². The molecular weight excluding hydrogens is 280 g/mol. The molecule has 0 amide bonds. The largest absolute Gasteiger partial charge is 0.310 e. The summed E-state index contributed by atoms with van der Waals surface area (Å²) in [7, 11) is 0. The smallest absolute Gasteiger partial charge is 0.193 e. The molecule has 1 N–H and O–H groups in total. The topological polar surface area (TPSA) is 42.2 Å². The number of aromatic nitrogens is 3. The van der Waals surface area contributed by atoms with Crippen molar-refractivity contribution in [2.24, 2.45) is 0 Å². The standard InChI is InChI=1S/C16H20N4S/c1-4-17-15(13-7-11(2)18-12(3)8-13)9-14-10-20-5-6-21-16(20)19-14/h5-8,10,15,17H,4,9H2,1-3H3. The third-order valence-corrected chi connectivity index (χ3v) is 4.28. The highest BCUT2D eigenvalue weighted by Gasteiger charge is 2.14. The summed E-state index contributed by atoms with van der Waals surface area (Å²) in [6.07, 6.45) is 5.07. The minimum absolute atomic E-state index is 0.278. The number of nitrogens with zero attached hydrogens (tertiary/aromatic N) is 3. The van der Waals surface area contributed by atoms with Gasteiger partial charge in [-0.25, -0.2) is 4.98 Å². The second-order valence-electron chi connectivity index (χ2n) is 5.32. The van der Waals surface area contributed by atoms with Crippen LogP contribution in [0.15, 0.2) is 29.9 Å². The fourth-order valence-corrected chi connectivity index (χ4v) is 3.42. The van der Waals surface area contributed by atoms with Gasteiger partial charge in [0.05, 0.1) is 5.69 Å². The Kier molecular flexibility index (Phi) is 4.03. The molecule has 3 heterocycles. The van der Waals surface area contributed by atoms with Crippen molar-refractivity contribution in [2.75, 3.05) is 6.54 Å². The number of likely N-dealkylation sites (N-methyl/N-ethyl adjacent to an activating group) is 1. The highest BCUT2D eigenvalue weighted by Crippen LogP contribution is 2.21. The van der Waals surface area contributed by atoms with E-state index in [0.717, 1.165) is 35.0 Å². The maximum Gasteiger partial charge on any atom is 0.193 e. The first kappa shape index (κ1) is 14.2. The molecule has 21 heavy (non-hydrogen) atoms. The maximum atomic E-state index is 4.69. The summed E-state index contributed by atoms with van der Waals surface area (Å²) < 4.78 is 2.09. The van der Waals surface area contributed by atoms with Crippen molar-refractivity contribution in [2.45, 2.75) is 33.2 Å². The van der Waals surface area contributed by atoms with Gasteiger partial charge in [0.2, 0.25) is 0 Å². The van der Waals surface area contributed by atoms with Gasteiger partial charge in [-0.05, 0) is 38.1 Å². The first-order valence-corrected chi connectivity index (χ1v) is 8.13. The normalized spacial score (nSPS) is 12.9. The lowest BCUT2D eigenvalue weighted by atomic mass is 10.0. The molecule has 0 bridgehead atoms. The molecule has 0 radical (unpaired) electrons. The molecule has 1 unspecified atom stereocenters. The van der Waals surface area contributed by atoms with Crippen LogP contribution >= 0.6 is 11.3 Å². The molecule has 0 aromatic carbocycles. The maximum absolute atomic E-state index is 4.69. The van der Waals surface area contributed by atoms with Crippen LogP contribution in [0.2, 0.25) is 0 Å². The zero-order valence-corrected chi connectivity index (χ0v) is 13.4. The lowest BCUT2D eigenvalue weighted by molar-refractivity contribution is 0.544. The van der Waals surface area contributed by atoms with E-state index in [1.54, 1.807) is 11.3 Å². The monoisotopic (exact) mass is 300 g/mol. The van der Waals surface area contributed by atoms with Gasteiger partial charge in [-0.2, -0.15) is 0 Å². The molecule has 3 aromatic rings. The molecule has 0 saturated carbocycles. The zero-order chi connectivity index (χ0) is 14.8. The zero-order valence-electron chi connectivity index (χ0n) is 12.6. The minimum atomic E-state index is 0.278. The van der Waals surface area contributed by atoms with Gasteiger partial charge >= 0.3 is 0 Å². The molecule has 3 aromatic heterocycles. The van der Waals surface area contributed by atoms with E-state index < -0.39 is 0 Å². The SMILES string of the molecule is CCNC(Cc1cn2ccsc2n1)c1cc(C)nc(C)c1. The Bertz CT molecular complexity index is 695. The molecule has 110 valence electrons. The highest BCUT2D eigenvalue weighted by atomic mass is 32.1. The summed E-state index contributed by atoms with van der Waals surface area (Å²) >= 11 is 1.67. The van der Waals surface area contributed by atoms with Gasteiger partial charge in [0.1, 0.15) is 0 Å². The van der Waals surface area contributed by atoms with Crippen LogP contribution in [0.25, 0.3) is 4.96 Å². The van der Waals surface area contributed by atoms with Gasteiger partial charge in [-0.1, -0.05) is 6.92 Å².